The molecule has 0 atom stereocenters. The second-order valence-corrected chi connectivity index (χ2v) is 4.98. The molecule has 1 aromatic rings. The summed E-state index contributed by atoms with van der Waals surface area (Å²) in [6, 6.07) is 5.07. The van der Waals surface area contributed by atoms with Gasteiger partial charge in [-0.1, -0.05) is 0 Å². The lowest BCUT2D eigenvalue weighted by molar-refractivity contribution is 0.465. The quantitative estimate of drug-likeness (QED) is 0.754. The molecule has 0 aliphatic heterocycles. The van der Waals surface area contributed by atoms with E-state index in [1.165, 1.54) is 6.07 Å². The number of benzene rings is 1. The standard InChI is InChI=1S/C13H21FN2/c1-10-9-11(5-6-12(10)14)16-8-4-7-13(2,3)15/h5-6,9,16H,4,7-8,15H2,1-3H3. The highest BCUT2D eigenvalue weighted by atomic mass is 19.1. The van der Waals surface area contributed by atoms with Crippen molar-refractivity contribution < 1.29 is 4.39 Å². The Hall–Kier alpha value is -1.09. The maximum absolute atomic E-state index is 13.0. The minimum Gasteiger partial charge on any atom is -0.385 e. The fourth-order valence-electron chi connectivity index (χ4n) is 1.53. The lowest BCUT2D eigenvalue weighted by atomic mass is 10.0. The second-order valence-electron chi connectivity index (χ2n) is 4.98. The van der Waals surface area contributed by atoms with Gasteiger partial charge in [-0.15, -0.1) is 0 Å². The monoisotopic (exact) mass is 224 g/mol. The molecule has 0 saturated carbocycles. The third-order valence-electron chi connectivity index (χ3n) is 2.48. The fourth-order valence-corrected chi connectivity index (χ4v) is 1.53. The molecular formula is C13H21FN2. The summed E-state index contributed by atoms with van der Waals surface area (Å²) in [6.45, 7) is 6.68. The number of halogens is 1. The van der Waals surface area contributed by atoms with Gasteiger partial charge < -0.3 is 11.1 Å². The molecular weight excluding hydrogens is 203 g/mol. The Balaban J connectivity index is 2.35. The first-order chi connectivity index (χ1) is 7.38. The van der Waals surface area contributed by atoms with Crippen LogP contribution in [0, 0.1) is 12.7 Å². The van der Waals surface area contributed by atoms with Crippen molar-refractivity contribution in [1.29, 1.82) is 0 Å². The molecule has 0 aromatic heterocycles. The van der Waals surface area contributed by atoms with E-state index in [1.54, 1.807) is 13.0 Å². The summed E-state index contributed by atoms with van der Waals surface area (Å²) in [4.78, 5) is 0. The largest absolute Gasteiger partial charge is 0.385 e. The van der Waals surface area contributed by atoms with Crippen LogP contribution in [0.1, 0.15) is 32.3 Å². The molecule has 0 fully saturated rings. The van der Waals surface area contributed by atoms with Crippen LogP contribution in [0.25, 0.3) is 0 Å². The molecule has 2 nitrogen and oxygen atoms in total. The summed E-state index contributed by atoms with van der Waals surface area (Å²) in [7, 11) is 0. The first-order valence-corrected chi connectivity index (χ1v) is 5.67. The Morgan fingerprint density at radius 2 is 2.06 bits per heavy atom. The molecule has 3 heteroatoms. The highest BCUT2D eigenvalue weighted by Gasteiger charge is 2.09. The number of hydrogen-bond acceptors (Lipinski definition) is 2. The molecule has 0 unspecified atom stereocenters. The molecule has 0 saturated heterocycles. The van der Waals surface area contributed by atoms with Gasteiger partial charge in [-0.2, -0.15) is 0 Å². The van der Waals surface area contributed by atoms with Gasteiger partial charge in [0, 0.05) is 17.8 Å². The van der Waals surface area contributed by atoms with Crippen LogP contribution in [0.5, 0.6) is 0 Å². The molecule has 0 amide bonds. The van der Waals surface area contributed by atoms with Crippen molar-refractivity contribution in [1.82, 2.24) is 0 Å². The Kier molecular flexibility index (Phi) is 4.30. The van der Waals surface area contributed by atoms with Crippen LogP contribution >= 0.6 is 0 Å². The molecule has 0 aliphatic rings. The van der Waals surface area contributed by atoms with E-state index in [1.807, 2.05) is 19.9 Å². The summed E-state index contributed by atoms with van der Waals surface area (Å²) in [5.41, 5.74) is 7.41. The second kappa shape index (κ2) is 5.30. The number of anilines is 1. The average Bonchev–Trinajstić information content (AvgIpc) is 2.17. The van der Waals surface area contributed by atoms with Gasteiger partial charge in [0.2, 0.25) is 0 Å². The van der Waals surface area contributed by atoms with E-state index >= 15 is 0 Å². The van der Waals surface area contributed by atoms with E-state index in [-0.39, 0.29) is 11.4 Å². The van der Waals surface area contributed by atoms with Crippen molar-refractivity contribution in [2.75, 3.05) is 11.9 Å². The molecule has 1 aromatic carbocycles. The van der Waals surface area contributed by atoms with Gasteiger partial charge >= 0.3 is 0 Å². The third kappa shape index (κ3) is 4.62. The molecule has 0 aliphatic carbocycles. The number of rotatable bonds is 5. The zero-order valence-corrected chi connectivity index (χ0v) is 10.3. The minimum atomic E-state index is -0.159. The molecule has 0 heterocycles. The molecule has 3 N–H and O–H groups in total. The van der Waals surface area contributed by atoms with E-state index in [2.05, 4.69) is 5.32 Å². The van der Waals surface area contributed by atoms with Crippen molar-refractivity contribution in [3.8, 4) is 0 Å². The number of nitrogens with two attached hydrogens (primary N) is 1. The SMILES string of the molecule is Cc1cc(NCCCC(C)(C)N)ccc1F. The molecule has 90 valence electrons. The maximum Gasteiger partial charge on any atom is 0.126 e. The predicted octanol–water partition coefficient (Wildman–Crippen LogP) is 3.06. The summed E-state index contributed by atoms with van der Waals surface area (Å²) >= 11 is 0. The van der Waals surface area contributed by atoms with Gasteiger partial charge in [-0.25, -0.2) is 4.39 Å². The van der Waals surface area contributed by atoms with Crippen LogP contribution in [0.15, 0.2) is 18.2 Å². The van der Waals surface area contributed by atoms with Crippen molar-refractivity contribution in [2.45, 2.75) is 39.2 Å². The van der Waals surface area contributed by atoms with E-state index in [0.29, 0.717) is 5.56 Å². The number of nitrogens with one attached hydrogen (secondary N) is 1. The van der Waals surface area contributed by atoms with Crippen molar-refractivity contribution >= 4 is 5.69 Å². The van der Waals surface area contributed by atoms with Crippen LogP contribution < -0.4 is 11.1 Å². The Labute approximate surface area is 97.0 Å². The van der Waals surface area contributed by atoms with Gasteiger partial charge in [-0.3, -0.25) is 0 Å². The number of aryl methyl sites for hydroxylation is 1. The van der Waals surface area contributed by atoms with E-state index < -0.39 is 0 Å². The topological polar surface area (TPSA) is 38.0 Å². The van der Waals surface area contributed by atoms with Gasteiger partial charge in [-0.05, 0) is 57.4 Å². The predicted molar refractivity (Wildman–Crippen MR) is 67.1 cm³/mol. The normalized spacial score (nSPS) is 11.6. The Morgan fingerprint density at radius 1 is 1.38 bits per heavy atom. The number of hydrogen-bond donors (Lipinski definition) is 2. The minimum absolute atomic E-state index is 0.111. The third-order valence-corrected chi connectivity index (χ3v) is 2.48. The molecule has 0 radical (unpaired) electrons. The summed E-state index contributed by atoms with van der Waals surface area (Å²) in [5, 5.41) is 3.26. The maximum atomic E-state index is 13.0. The van der Waals surface area contributed by atoms with Crippen molar-refractivity contribution in [3.63, 3.8) is 0 Å². The zero-order valence-electron chi connectivity index (χ0n) is 10.3. The smallest absolute Gasteiger partial charge is 0.126 e. The first kappa shape index (κ1) is 13.0. The van der Waals surface area contributed by atoms with Gasteiger partial charge in [0.15, 0.2) is 0 Å². The summed E-state index contributed by atoms with van der Waals surface area (Å²) in [6.07, 6.45) is 1.99. The molecule has 0 bridgehead atoms. The van der Waals surface area contributed by atoms with Crippen LogP contribution in [-0.4, -0.2) is 12.1 Å². The highest BCUT2D eigenvalue weighted by molar-refractivity contribution is 5.45. The van der Waals surface area contributed by atoms with E-state index in [4.69, 9.17) is 5.73 Å². The molecule has 0 spiro atoms. The van der Waals surface area contributed by atoms with Crippen LogP contribution in [0.3, 0.4) is 0 Å². The lowest BCUT2D eigenvalue weighted by Crippen LogP contribution is -2.32. The van der Waals surface area contributed by atoms with Gasteiger partial charge in [0.1, 0.15) is 5.82 Å². The van der Waals surface area contributed by atoms with Gasteiger partial charge in [0.25, 0.3) is 0 Å². The van der Waals surface area contributed by atoms with Crippen molar-refractivity contribution in [2.24, 2.45) is 5.73 Å². The van der Waals surface area contributed by atoms with E-state index in [9.17, 15) is 4.39 Å². The summed E-state index contributed by atoms with van der Waals surface area (Å²) in [5.74, 6) is -0.159. The lowest BCUT2D eigenvalue weighted by Gasteiger charge is -2.18. The van der Waals surface area contributed by atoms with Gasteiger partial charge in [0.05, 0.1) is 0 Å². The zero-order chi connectivity index (χ0) is 12.2. The Morgan fingerprint density at radius 3 is 2.62 bits per heavy atom. The van der Waals surface area contributed by atoms with Crippen LogP contribution in [-0.2, 0) is 0 Å². The van der Waals surface area contributed by atoms with Crippen molar-refractivity contribution in [3.05, 3.63) is 29.6 Å². The fraction of sp³-hybridized carbons (Fsp3) is 0.538. The highest BCUT2D eigenvalue weighted by Crippen LogP contribution is 2.14. The van der Waals surface area contributed by atoms with Crippen LogP contribution in [0.2, 0.25) is 0 Å². The molecule has 16 heavy (non-hydrogen) atoms. The van der Waals surface area contributed by atoms with E-state index in [0.717, 1.165) is 25.1 Å². The first-order valence-electron chi connectivity index (χ1n) is 5.67. The average molecular weight is 224 g/mol. The Bertz CT molecular complexity index is 342. The summed E-state index contributed by atoms with van der Waals surface area (Å²) < 4.78 is 13.0. The molecule has 1 rings (SSSR count). The van der Waals surface area contributed by atoms with Crippen LogP contribution in [0.4, 0.5) is 10.1 Å².